The van der Waals surface area contributed by atoms with Crippen molar-refractivity contribution in [2.45, 2.75) is 50.6 Å². The monoisotopic (exact) mass is 616 g/mol. The molecule has 10 nitrogen and oxygen atoms in total. The van der Waals surface area contributed by atoms with E-state index in [2.05, 4.69) is 41.4 Å². The summed E-state index contributed by atoms with van der Waals surface area (Å²) in [4.78, 5) is 2.36. The quantitative estimate of drug-likeness (QED) is 0.228. The summed E-state index contributed by atoms with van der Waals surface area (Å²) in [6.07, 6.45) is 0.876. The molecular formula is C34H52N2O8. The second-order valence-corrected chi connectivity index (χ2v) is 11.8. The summed E-state index contributed by atoms with van der Waals surface area (Å²) in [7, 11) is 5.04. The Kier molecular flexibility index (Phi) is 14.5. The van der Waals surface area contributed by atoms with Gasteiger partial charge in [-0.15, -0.1) is 0 Å². The fourth-order valence-corrected chi connectivity index (χ4v) is 5.87. The zero-order valence-corrected chi connectivity index (χ0v) is 26.9. The Morgan fingerprint density at radius 2 is 1.70 bits per heavy atom. The summed E-state index contributed by atoms with van der Waals surface area (Å²) < 4.78 is 40.5. The number of anilines is 1. The Balaban J connectivity index is 1.45. The van der Waals surface area contributed by atoms with Crippen LogP contribution in [0.2, 0.25) is 0 Å². The van der Waals surface area contributed by atoms with Gasteiger partial charge in [-0.2, -0.15) is 0 Å². The first kappa shape index (κ1) is 34.4. The molecule has 2 aliphatic heterocycles. The van der Waals surface area contributed by atoms with Gasteiger partial charge in [-0.3, -0.25) is 0 Å². The smallest absolute Gasteiger partial charge is 0.142 e. The van der Waals surface area contributed by atoms with Crippen LogP contribution in [0.5, 0.6) is 11.5 Å². The maximum absolute atomic E-state index is 10.3. The van der Waals surface area contributed by atoms with Gasteiger partial charge in [0.15, 0.2) is 0 Å². The number of ether oxygens (including phenoxy) is 7. The van der Waals surface area contributed by atoms with Crippen LogP contribution in [0.25, 0.3) is 0 Å². The number of nitrogens with zero attached hydrogens (tertiary/aromatic N) is 1. The predicted molar refractivity (Wildman–Crippen MR) is 170 cm³/mol. The molecule has 2 aromatic carbocycles. The van der Waals surface area contributed by atoms with Crippen molar-refractivity contribution in [3.8, 4) is 11.5 Å². The lowest BCUT2D eigenvalue weighted by molar-refractivity contribution is -0.0856. The number of benzene rings is 2. The number of aliphatic hydroxyl groups excluding tert-OH is 1. The molecule has 0 spiro atoms. The molecule has 1 saturated heterocycles. The zero-order valence-electron chi connectivity index (χ0n) is 26.9. The highest BCUT2D eigenvalue weighted by Crippen LogP contribution is 2.35. The molecule has 0 aromatic heterocycles. The second-order valence-electron chi connectivity index (χ2n) is 11.8. The molecular weight excluding hydrogens is 564 g/mol. The zero-order chi connectivity index (χ0) is 31.1. The number of fused-ring (bicyclic) bond motifs is 1. The van der Waals surface area contributed by atoms with Crippen molar-refractivity contribution < 1.29 is 38.3 Å². The van der Waals surface area contributed by atoms with Crippen LogP contribution in [0.3, 0.4) is 0 Å². The van der Waals surface area contributed by atoms with Crippen molar-refractivity contribution in [3.05, 3.63) is 53.6 Å². The Morgan fingerprint density at radius 3 is 2.45 bits per heavy atom. The van der Waals surface area contributed by atoms with Crippen LogP contribution in [0.15, 0.2) is 42.5 Å². The van der Waals surface area contributed by atoms with E-state index < -0.39 is 6.10 Å². The minimum Gasteiger partial charge on any atom is -0.494 e. The van der Waals surface area contributed by atoms with Gasteiger partial charge in [0.2, 0.25) is 0 Å². The molecule has 2 heterocycles. The van der Waals surface area contributed by atoms with Gasteiger partial charge >= 0.3 is 0 Å². The van der Waals surface area contributed by atoms with Gasteiger partial charge in [0.1, 0.15) is 24.2 Å². The van der Waals surface area contributed by atoms with E-state index in [0.29, 0.717) is 38.8 Å². The van der Waals surface area contributed by atoms with Crippen LogP contribution in [0.4, 0.5) is 5.69 Å². The van der Waals surface area contributed by atoms with E-state index in [4.69, 9.17) is 33.2 Å². The summed E-state index contributed by atoms with van der Waals surface area (Å²) in [6.45, 7) is 8.95. The van der Waals surface area contributed by atoms with Crippen molar-refractivity contribution in [3.63, 3.8) is 0 Å². The molecule has 0 amide bonds. The Morgan fingerprint density at radius 1 is 0.932 bits per heavy atom. The molecule has 0 bridgehead atoms. The van der Waals surface area contributed by atoms with Crippen LogP contribution < -0.4 is 19.7 Å². The van der Waals surface area contributed by atoms with Crippen molar-refractivity contribution in [2.75, 3.05) is 92.0 Å². The van der Waals surface area contributed by atoms with Crippen LogP contribution in [-0.2, 0) is 30.3 Å². The molecule has 0 saturated carbocycles. The largest absolute Gasteiger partial charge is 0.494 e. The Bertz CT molecular complexity index is 1090. The molecule has 2 aliphatic rings. The van der Waals surface area contributed by atoms with Crippen molar-refractivity contribution >= 4 is 5.69 Å². The third-order valence-electron chi connectivity index (χ3n) is 8.17. The van der Waals surface area contributed by atoms with Gasteiger partial charge < -0.3 is 48.5 Å². The van der Waals surface area contributed by atoms with E-state index in [1.54, 1.807) is 21.3 Å². The van der Waals surface area contributed by atoms with Gasteiger partial charge in [-0.1, -0.05) is 25.1 Å². The topological polar surface area (TPSA) is 100 Å². The normalized spacial score (nSPS) is 21.4. The Hall–Kier alpha value is -2.44. The van der Waals surface area contributed by atoms with Gasteiger partial charge in [-0.25, -0.2) is 0 Å². The predicted octanol–water partition coefficient (Wildman–Crippen LogP) is 3.64. The van der Waals surface area contributed by atoms with Gasteiger partial charge in [0.05, 0.1) is 50.9 Å². The van der Waals surface area contributed by atoms with Crippen molar-refractivity contribution in [2.24, 2.45) is 5.92 Å². The summed E-state index contributed by atoms with van der Waals surface area (Å²) in [5.74, 6) is 2.16. The molecule has 44 heavy (non-hydrogen) atoms. The van der Waals surface area contributed by atoms with E-state index >= 15 is 0 Å². The number of aliphatic hydroxyl groups is 1. The number of rotatable bonds is 19. The summed E-state index contributed by atoms with van der Waals surface area (Å²) in [5, 5.41) is 13.8. The fraction of sp³-hybridized carbons (Fsp3) is 0.647. The molecule has 4 rings (SSSR count). The van der Waals surface area contributed by atoms with E-state index in [9.17, 15) is 5.11 Å². The first-order valence-corrected chi connectivity index (χ1v) is 15.8. The molecule has 2 N–H and O–H groups in total. The average Bonchev–Trinajstić information content (AvgIpc) is 3.03. The highest BCUT2D eigenvalue weighted by molar-refractivity contribution is 5.61. The molecule has 10 heteroatoms. The summed E-state index contributed by atoms with van der Waals surface area (Å²) >= 11 is 0. The summed E-state index contributed by atoms with van der Waals surface area (Å²) in [6, 6.07) is 14.6. The minimum absolute atomic E-state index is 0.0340. The van der Waals surface area contributed by atoms with Crippen LogP contribution in [-0.4, -0.2) is 111 Å². The Labute approximate surface area is 262 Å². The van der Waals surface area contributed by atoms with Crippen LogP contribution in [0.1, 0.15) is 36.8 Å². The molecule has 5 atom stereocenters. The minimum atomic E-state index is -0.692. The lowest BCUT2D eigenvalue weighted by atomic mass is 9.85. The first-order valence-electron chi connectivity index (χ1n) is 15.8. The van der Waals surface area contributed by atoms with E-state index in [1.807, 2.05) is 18.2 Å². The maximum atomic E-state index is 10.3. The average molecular weight is 617 g/mol. The van der Waals surface area contributed by atoms with Crippen molar-refractivity contribution in [1.82, 2.24) is 5.32 Å². The van der Waals surface area contributed by atoms with Gasteiger partial charge in [-0.05, 0) is 54.2 Å². The van der Waals surface area contributed by atoms with Crippen LogP contribution in [0, 0.1) is 5.92 Å². The third-order valence-corrected chi connectivity index (χ3v) is 8.17. The summed E-state index contributed by atoms with van der Waals surface area (Å²) in [5.41, 5.74) is 3.31. The van der Waals surface area contributed by atoms with Gasteiger partial charge in [0.25, 0.3) is 0 Å². The molecule has 1 fully saturated rings. The first-order chi connectivity index (χ1) is 21.5. The number of hydrogen-bond donors (Lipinski definition) is 2. The van der Waals surface area contributed by atoms with E-state index in [0.717, 1.165) is 67.5 Å². The van der Waals surface area contributed by atoms with Crippen molar-refractivity contribution in [1.29, 1.82) is 0 Å². The second kappa shape index (κ2) is 18.5. The van der Waals surface area contributed by atoms with Gasteiger partial charge in [0, 0.05) is 60.1 Å². The van der Waals surface area contributed by atoms with E-state index in [-0.39, 0.29) is 31.3 Å². The highest BCUT2D eigenvalue weighted by atomic mass is 16.5. The number of methoxy groups -OCH3 is 3. The maximum Gasteiger partial charge on any atom is 0.142 e. The highest BCUT2D eigenvalue weighted by Gasteiger charge is 2.36. The third kappa shape index (κ3) is 10.3. The fourth-order valence-electron chi connectivity index (χ4n) is 5.87. The molecule has 0 unspecified atom stereocenters. The number of hydrogen-bond acceptors (Lipinski definition) is 10. The molecule has 0 radical (unpaired) electrons. The lowest BCUT2D eigenvalue weighted by Gasteiger charge is -2.39. The number of nitrogens with one attached hydrogen (secondary N) is 1. The number of piperidine rings is 1. The lowest BCUT2D eigenvalue weighted by Crippen LogP contribution is -2.51. The standard InChI is InChI=1S/C34H52N2O8/c1-25(21-39-3)12-16-41-29-9-7-27(8-10-29)34-32(19-35-20-33(34)44-24-28(37)23-40-4)43-22-26-6-11-31-30(18-26)36(14-17-42-31)13-5-15-38-2/h6-11,18,25,28,32-35,37H,5,12-17,19-24H2,1-4H3/t25-,28+,32-,33+,34+/m0/s1. The molecule has 0 aliphatic carbocycles. The van der Waals surface area contributed by atoms with Crippen LogP contribution >= 0.6 is 0 Å². The van der Waals surface area contributed by atoms with E-state index in [1.165, 1.54) is 0 Å². The SMILES string of the molecule is COCCCN1CCOc2ccc(CO[C@H]3CNC[C@@H](OC[C@H](O)COC)[C@@H]3c3ccc(OCC[C@H](C)COC)cc3)cc21. The molecule has 2 aromatic rings. The molecule has 246 valence electrons.